The maximum Gasteiger partial charge on any atom is 0.251 e. The normalized spacial score (nSPS) is 21.1. The van der Waals surface area contributed by atoms with Crippen LogP contribution in [0.4, 0.5) is 0 Å². The molecular weight excluding hydrogens is 432 g/mol. The van der Waals surface area contributed by atoms with Gasteiger partial charge in [0.05, 0.1) is 6.10 Å². The molecule has 34 heavy (non-hydrogen) atoms. The predicted molar refractivity (Wildman–Crippen MR) is 128 cm³/mol. The van der Waals surface area contributed by atoms with Gasteiger partial charge >= 0.3 is 0 Å². The Morgan fingerprint density at radius 1 is 1.12 bits per heavy atom. The Labute approximate surface area is 200 Å². The molecule has 7 heteroatoms. The lowest BCUT2D eigenvalue weighted by Crippen LogP contribution is -2.58. The van der Waals surface area contributed by atoms with E-state index >= 15 is 0 Å². The molecule has 0 radical (unpaired) electrons. The summed E-state index contributed by atoms with van der Waals surface area (Å²) in [7, 11) is 0. The number of likely N-dealkylation sites (tertiary alicyclic amines) is 1. The Morgan fingerprint density at radius 3 is 2.44 bits per heavy atom. The maximum absolute atomic E-state index is 13.7. The molecule has 2 aromatic rings. The number of Topliss-reactive ketones (excluding diaryl/α,β-unsaturated/α-hetero) is 1. The summed E-state index contributed by atoms with van der Waals surface area (Å²) in [6.07, 6.45) is 1.46. The number of hydrogen-bond acceptors (Lipinski definition) is 5. The summed E-state index contributed by atoms with van der Waals surface area (Å²) in [5.41, 5.74) is 2.34. The Bertz CT molecular complexity index is 1060. The lowest BCUT2D eigenvalue weighted by molar-refractivity contribution is -0.142. The van der Waals surface area contributed by atoms with Crippen LogP contribution in [0.2, 0.25) is 0 Å². The van der Waals surface area contributed by atoms with Gasteiger partial charge in [-0.25, -0.2) is 0 Å². The molecule has 0 aliphatic carbocycles. The van der Waals surface area contributed by atoms with Gasteiger partial charge in [0.15, 0.2) is 5.78 Å². The van der Waals surface area contributed by atoms with E-state index in [2.05, 4.69) is 26.1 Å². The quantitative estimate of drug-likeness (QED) is 0.709. The number of aromatic hydroxyl groups is 1. The first-order valence-corrected chi connectivity index (χ1v) is 11.8. The summed E-state index contributed by atoms with van der Waals surface area (Å²) in [4.78, 5) is 40.8. The predicted octanol–water partition coefficient (Wildman–Crippen LogP) is 2.99. The van der Waals surface area contributed by atoms with Gasteiger partial charge in [-0.15, -0.1) is 0 Å². The first kappa shape index (κ1) is 24.0. The van der Waals surface area contributed by atoms with E-state index in [4.69, 9.17) is 4.74 Å². The molecule has 3 unspecified atom stereocenters. The molecule has 0 spiro atoms. The van der Waals surface area contributed by atoms with Crippen LogP contribution in [0, 0.1) is 0 Å². The number of nitrogens with zero attached hydrogens (tertiary/aromatic N) is 1. The molecule has 2 aromatic carbocycles. The summed E-state index contributed by atoms with van der Waals surface area (Å²) in [5, 5.41) is 12.5. The molecule has 3 atom stereocenters. The largest absolute Gasteiger partial charge is 0.508 e. The number of carbonyl (C=O) groups is 3. The van der Waals surface area contributed by atoms with Crippen molar-refractivity contribution < 1.29 is 24.2 Å². The number of phenolic OH excluding ortho intramolecular Hbond substituents is 1. The van der Waals surface area contributed by atoms with Crippen LogP contribution in [0.15, 0.2) is 48.5 Å². The van der Waals surface area contributed by atoms with E-state index in [-0.39, 0.29) is 47.9 Å². The van der Waals surface area contributed by atoms with Crippen molar-refractivity contribution in [2.75, 3.05) is 13.2 Å². The van der Waals surface area contributed by atoms with Crippen LogP contribution < -0.4 is 5.32 Å². The van der Waals surface area contributed by atoms with Crippen molar-refractivity contribution in [2.45, 2.75) is 63.6 Å². The Kier molecular flexibility index (Phi) is 6.75. The van der Waals surface area contributed by atoms with Crippen LogP contribution in [0.5, 0.6) is 5.75 Å². The molecule has 180 valence electrons. The van der Waals surface area contributed by atoms with Crippen molar-refractivity contribution in [1.82, 2.24) is 10.2 Å². The fourth-order valence-corrected chi connectivity index (χ4v) is 4.67. The van der Waals surface area contributed by atoms with Crippen molar-refractivity contribution in [3.63, 3.8) is 0 Å². The number of rotatable bonds is 5. The first-order valence-electron chi connectivity index (χ1n) is 11.8. The van der Waals surface area contributed by atoms with Gasteiger partial charge in [-0.3, -0.25) is 14.4 Å². The fourth-order valence-electron chi connectivity index (χ4n) is 4.67. The van der Waals surface area contributed by atoms with E-state index in [1.807, 2.05) is 12.1 Å². The van der Waals surface area contributed by atoms with Crippen LogP contribution in [-0.4, -0.2) is 58.9 Å². The van der Waals surface area contributed by atoms with Gasteiger partial charge in [-0.05, 0) is 53.6 Å². The molecule has 2 fully saturated rings. The van der Waals surface area contributed by atoms with Crippen LogP contribution in [0.1, 0.15) is 55.1 Å². The van der Waals surface area contributed by atoms with Crippen LogP contribution >= 0.6 is 0 Å². The third-order valence-electron chi connectivity index (χ3n) is 6.62. The molecule has 2 aliphatic heterocycles. The summed E-state index contributed by atoms with van der Waals surface area (Å²) >= 11 is 0. The summed E-state index contributed by atoms with van der Waals surface area (Å²) in [6.45, 7) is 6.79. The summed E-state index contributed by atoms with van der Waals surface area (Å²) in [6, 6.07) is 12.5. The molecule has 0 saturated carbocycles. The number of phenols is 1. The summed E-state index contributed by atoms with van der Waals surface area (Å²) in [5.74, 6) is -0.603. The van der Waals surface area contributed by atoms with Gasteiger partial charge in [-0.1, -0.05) is 45.0 Å². The second-order valence-electron chi connectivity index (χ2n) is 10.2. The van der Waals surface area contributed by atoms with Gasteiger partial charge in [-0.2, -0.15) is 0 Å². The number of nitrogens with one attached hydrogen (secondary N) is 1. The zero-order valence-corrected chi connectivity index (χ0v) is 19.9. The molecule has 4 rings (SSSR count). The molecule has 7 nitrogen and oxygen atoms in total. The zero-order chi connectivity index (χ0) is 24.5. The molecule has 2 aliphatic rings. The number of ketones is 1. The standard InChI is InChI=1S/C27H32N2O5/c1-27(2,3)19-10-8-18(9-11-19)25(32)28-21(15-17-6-12-20(30)13-7-17)26(33)29-14-4-5-23-24(29)22(31)16-34-23/h6-13,21,23-24,30H,4-5,14-16H2,1-3H3,(H,28,32). The molecule has 2 amide bonds. The number of piperidine rings is 1. The highest BCUT2D eigenvalue weighted by Gasteiger charge is 2.45. The smallest absolute Gasteiger partial charge is 0.251 e. The van der Waals surface area contributed by atoms with E-state index in [1.54, 1.807) is 41.3 Å². The molecule has 0 aromatic heterocycles. The Morgan fingerprint density at radius 2 is 1.79 bits per heavy atom. The Balaban J connectivity index is 1.57. The van der Waals surface area contributed by atoms with Gasteiger partial charge in [0.1, 0.15) is 24.4 Å². The van der Waals surface area contributed by atoms with E-state index in [0.29, 0.717) is 12.1 Å². The minimum absolute atomic E-state index is 0.0221. The van der Waals surface area contributed by atoms with E-state index < -0.39 is 12.1 Å². The second kappa shape index (κ2) is 9.58. The van der Waals surface area contributed by atoms with Crippen molar-refractivity contribution in [2.24, 2.45) is 0 Å². The zero-order valence-electron chi connectivity index (χ0n) is 19.9. The van der Waals surface area contributed by atoms with Crippen LogP contribution in [0.25, 0.3) is 0 Å². The van der Waals surface area contributed by atoms with E-state index in [9.17, 15) is 19.5 Å². The van der Waals surface area contributed by atoms with Crippen molar-refractivity contribution in [1.29, 1.82) is 0 Å². The van der Waals surface area contributed by atoms with Crippen molar-refractivity contribution in [3.05, 3.63) is 65.2 Å². The summed E-state index contributed by atoms with van der Waals surface area (Å²) < 4.78 is 5.59. The van der Waals surface area contributed by atoms with E-state index in [1.165, 1.54) is 0 Å². The number of benzene rings is 2. The fraction of sp³-hybridized carbons (Fsp3) is 0.444. The van der Waals surface area contributed by atoms with Crippen molar-refractivity contribution in [3.8, 4) is 5.75 Å². The molecular formula is C27H32N2O5. The average molecular weight is 465 g/mol. The number of carbonyl (C=O) groups excluding carboxylic acids is 3. The van der Waals surface area contributed by atoms with Crippen molar-refractivity contribution >= 4 is 17.6 Å². The minimum atomic E-state index is -0.855. The average Bonchev–Trinajstić information content (AvgIpc) is 3.20. The van der Waals surface area contributed by atoms with Crippen LogP contribution in [0.3, 0.4) is 0 Å². The number of hydrogen-bond donors (Lipinski definition) is 2. The highest BCUT2D eigenvalue weighted by atomic mass is 16.5. The molecule has 0 bridgehead atoms. The van der Waals surface area contributed by atoms with Gasteiger partial charge in [0, 0.05) is 18.5 Å². The Hall–Kier alpha value is -3.19. The number of amides is 2. The lowest BCUT2D eigenvalue weighted by Gasteiger charge is -2.37. The topological polar surface area (TPSA) is 95.9 Å². The van der Waals surface area contributed by atoms with Crippen LogP contribution in [-0.2, 0) is 26.2 Å². The SMILES string of the molecule is CC(C)(C)c1ccc(C(=O)NC(Cc2ccc(O)cc2)C(=O)N2CCCC3OCC(=O)C32)cc1. The minimum Gasteiger partial charge on any atom is -0.508 e. The number of ether oxygens (including phenoxy) is 1. The number of fused-ring (bicyclic) bond motifs is 1. The first-order chi connectivity index (χ1) is 16.1. The third kappa shape index (κ3) is 5.14. The van der Waals surface area contributed by atoms with E-state index in [0.717, 1.165) is 24.0 Å². The molecule has 2 heterocycles. The third-order valence-corrected chi connectivity index (χ3v) is 6.62. The maximum atomic E-state index is 13.7. The lowest BCUT2D eigenvalue weighted by atomic mass is 9.86. The monoisotopic (exact) mass is 464 g/mol. The highest BCUT2D eigenvalue weighted by molar-refractivity contribution is 5.99. The van der Waals surface area contributed by atoms with Gasteiger partial charge in [0.25, 0.3) is 5.91 Å². The molecule has 2 saturated heterocycles. The second-order valence-corrected chi connectivity index (χ2v) is 10.2. The highest BCUT2D eigenvalue weighted by Crippen LogP contribution is 2.27. The van der Waals surface area contributed by atoms with Gasteiger partial charge in [0.2, 0.25) is 5.91 Å². The molecule has 2 N–H and O–H groups in total. The van der Waals surface area contributed by atoms with Gasteiger partial charge < -0.3 is 20.1 Å².